The van der Waals surface area contributed by atoms with Crippen molar-refractivity contribution >= 4 is 17.7 Å². The molecule has 1 amide bonds. The third-order valence-electron chi connectivity index (χ3n) is 4.24. The average Bonchev–Trinajstić information content (AvgIpc) is 2.60. The highest BCUT2D eigenvalue weighted by atomic mass is 16.1. The van der Waals surface area contributed by atoms with Gasteiger partial charge in [0.15, 0.2) is 0 Å². The van der Waals surface area contributed by atoms with E-state index in [1.54, 1.807) is 0 Å². The van der Waals surface area contributed by atoms with E-state index in [4.69, 9.17) is 0 Å². The second-order valence-corrected chi connectivity index (χ2v) is 6.51. The van der Waals surface area contributed by atoms with E-state index in [0.717, 1.165) is 17.6 Å². The minimum atomic E-state index is 0.0230. The van der Waals surface area contributed by atoms with Crippen LogP contribution in [0.25, 0.3) is 6.08 Å². The third kappa shape index (κ3) is 5.49. The molecule has 0 unspecified atom stereocenters. The predicted octanol–water partition coefficient (Wildman–Crippen LogP) is 4.49. The highest BCUT2D eigenvalue weighted by Gasteiger charge is 2.18. The summed E-state index contributed by atoms with van der Waals surface area (Å²) < 4.78 is 0. The molecule has 1 aromatic carbocycles. The minimum Gasteiger partial charge on any atom is -0.370 e. The van der Waals surface area contributed by atoms with Gasteiger partial charge < -0.3 is 10.2 Å². The Kier molecular flexibility index (Phi) is 6.81. The van der Waals surface area contributed by atoms with Crippen molar-refractivity contribution < 1.29 is 4.79 Å². The molecular formula is C22H28N2O. The number of nitrogens with zero attached hydrogens (tertiary/aromatic N) is 1. The van der Waals surface area contributed by atoms with E-state index in [2.05, 4.69) is 48.4 Å². The number of fused-ring (bicyclic) bond motifs is 1. The molecule has 25 heavy (non-hydrogen) atoms. The topological polar surface area (TPSA) is 32.3 Å². The van der Waals surface area contributed by atoms with E-state index in [-0.39, 0.29) is 5.91 Å². The van der Waals surface area contributed by atoms with Gasteiger partial charge in [0.2, 0.25) is 5.91 Å². The van der Waals surface area contributed by atoms with E-state index >= 15 is 0 Å². The molecule has 132 valence electrons. The summed E-state index contributed by atoms with van der Waals surface area (Å²) in [4.78, 5) is 14.6. The molecule has 1 aromatic rings. The lowest BCUT2D eigenvalue weighted by atomic mass is 10.0. The van der Waals surface area contributed by atoms with Crippen LogP contribution in [0, 0.1) is 0 Å². The second-order valence-electron chi connectivity index (χ2n) is 6.51. The summed E-state index contributed by atoms with van der Waals surface area (Å²) in [7, 11) is 2.02. The SMILES string of the molecule is C\C=C/C(C)=C\C=C(/C)CCNC(=O)C1=Cc2ccccc2N(C)C1. The zero-order valence-corrected chi connectivity index (χ0v) is 15.7. The molecule has 0 aliphatic carbocycles. The lowest BCUT2D eigenvalue weighted by molar-refractivity contribution is -0.117. The van der Waals surface area contributed by atoms with E-state index in [1.165, 1.54) is 16.8 Å². The number of para-hydroxylation sites is 1. The van der Waals surface area contributed by atoms with E-state index in [1.807, 2.05) is 44.3 Å². The van der Waals surface area contributed by atoms with Crippen molar-refractivity contribution in [1.29, 1.82) is 0 Å². The van der Waals surface area contributed by atoms with Crippen LogP contribution in [0.3, 0.4) is 0 Å². The minimum absolute atomic E-state index is 0.0230. The first kappa shape index (κ1) is 18.8. The Morgan fingerprint density at radius 3 is 2.76 bits per heavy atom. The Bertz CT molecular complexity index is 738. The van der Waals surface area contributed by atoms with Crippen LogP contribution >= 0.6 is 0 Å². The Morgan fingerprint density at radius 1 is 1.24 bits per heavy atom. The Morgan fingerprint density at radius 2 is 2.00 bits per heavy atom. The molecule has 2 rings (SSSR count). The van der Waals surface area contributed by atoms with Crippen molar-refractivity contribution in [2.24, 2.45) is 0 Å². The summed E-state index contributed by atoms with van der Waals surface area (Å²) in [5.74, 6) is 0.0230. The molecule has 1 N–H and O–H groups in total. The van der Waals surface area contributed by atoms with Gasteiger partial charge in [-0.05, 0) is 44.9 Å². The zero-order chi connectivity index (χ0) is 18.2. The fourth-order valence-corrected chi connectivity index (χ4v) is 2.83. The largest absolute Gasteiger partial charge is 0.370 e. The molecule has 0 aromatic heterocycles. The van der Waals surface area contributed by atoms with Crippen LogP contribution in [-0.4, -0.2) is 26.0 Å². The summed E-state index contributed by atoms with van der Waals surface area (Å²) >= 11 is 0. The summed E-state index contributed by atoms with van der Waals surface area (Å²) in [6.07, 6.45) is 11.2. The quantitative estimate of drug-likeness (QED) is 0.776. The molecule has 0 saturated heterocycles. The van der Waals surface area contributed by atoms with Gasteiger partial charge in [-0.25, -0.2) is 0 Å². The van der Waals surface area contributed by atoms with Gasteiger partial charge in [0.05, 0.1) is 0 Å². The van der Waals surface area contributed by atoms with Crippen LogP contribution in [0.5, 0.6) is 0 Å². The highest BCUT2D eigenvalue weighted by Crippen LogP contribution is 2.27. The van der Waals surface area contributed by atoms with Crippen molar-refractivity contribution in [3.63, 3.8) is 0 Å². The van der Waals surface area contributed by atoms with Gasteiger partial charge in [-0.1, -0.05) is 53.6 Å². The standard InChI is InChI=1S/C22H28N2O/c1-5-8-17(2)11-12-18(3)13-14-23-22(25)20-15-19-9-6-7-10-21(19)24(4)16-20/h5-12,15H,13-14,16H2,1-4H3,(H,23,25)/b8-5-,17-11-,18-12+. The van der Waals surface area contributed by atoms with Gasteiger partial charge in [-0.15, -0.1) is 0 Å². The van der Waals surface area contributed by atoms with Crippen molar-refractivity contribution in [1.82, 2.24) is 5.32 Å². The van der Waals surface area contributed by atoms with Crippen LogP contribution < -0.4 is 10.2 Å². The Hall–Kier alpha value is -2.55. The van der Waals surface area contributed by atoms with E-state index in [9.17, 15) is 4.79 Å². The number of carbonyl (C=O) groups excluding carboxylic acids is 1. The number of hydrogen-bond acceptors (Lipinski definition) is 2. The molecule has 0 saturated carbocycles. The van der Waals surface area contributed by atoms with E-state index < -0.39 is 0 Å². The van der Waals surface area contributed by atoms with Crippen molar-refractivity contribution in [3.8, 4) is 0 Å². The number of amides is 1. The molecule has 0 fully saturated rings. The number of nitrogens with one attached hydrogen (secondary N) is 1. The fraction of sp³-hybridized carbons (Fsp3) is 0.318. The summed E-state index contributed by atoms with van der Waals surface area (Å²) in [5, 5.41) is 3.04. The molecule has 1 aliphatic rings. The smallest absolute Gasteiger partial charge is 0.249 e. The Balaban J connectivity index is 1.90. The molecule has 3 heteroatoms. The maximum atomic E-state index is 12.4. The van der Waals surface area contributed by atoms with Gasteiger partial charge in [0, 0.05) is 31.4 Å². The molecule has 0 atom stereocenters. The van der Waals surface area contributed by atoms with Crippen molar-refractivity contribution in [2.75, 3.05) is 25.0 Å². The third-order valence-corrected chi connectivity index (χ3v) is 4.24. The first-order valence-electron chi connectivity index (χ1n) is 8.77. The van der Waals surface area contributed by atoms with Crippen molar-refractivity contribution in [3.05, 3.63) is 70.9 Å². The van der Waals surface area contributed by atoms with E-state index in [0.29, 0.717) is 13.1 Å². The monoisotopic (exact) mass is 336 g/mol. The lowest BCUT2D eigenvalue weighted by Gasteiger charge is -2.27. The second kappa shape index (κ2) is 9.07. The van der Waals surface area contributed by atoms with Gasteiger partial charge >= 0.3 is 0 Å². The van der Waals surface area contributed by atoms with Crippen LogP contribution in [0.15, 0.2) is 65.3 Å². The van der Waals surface area contributed by atoms with Crippen LogP contribution in [0.1, 0.15) is 32.8 Å². The van der Waals surface area contributed by atoms with Crippen LogP contribution in [-0.2, 0) is 4.79 Å². The Labute approximate surface area is 151 Å². The molecular weight excluding hydrogens is 308 g/mol. The number of anilines is 1. The van der Waals surface area contributed by atoms with Gasteiger partial charge in [0.25, 0.3) is 0 Å². The maximum absolute atomic E-state index is 12.4. The van der Waals surface area contributed by atoms with Crippen LogP contribution in [0.2, 0.25) is 0 Å². The predicted molar refractivity (Wildman–Crippen MR) is 108 cm³/mol. The number of allylic oxidation sites excluding steroid dienone is 5. The normalized spacial score (nSPS) is 15.2. The van der Waals surface area contributed by atoms with Crippen LogP contribution in [0.4, 0.5) is 5.69 Å². The summed E-state index contributed by atoms with van der Waals surface area (Å²) in [6, 6.07) is 8.15. The number of hydrogen-bond donors (Lipinski definition) is 1. The van der Waals surface area contributed by atoms with Gasteiger partial charge in [-0.3, -0.25) is 4.79 Å². The summed E-state index contributed by atoms with van der Waals surface area (Å²) in [6.45, 7) is 7.48. The summed E-state index contributed by atoms with van der Waals surface area (Å²) in [5.41, 5.74) is 5.55. The average molecular weight is 336 g/mol. The number of carbonyl (C=O) groups is 1. The van der Waals surface area contributed by atoms with Gasteiger partial charge in [0.1, 0.15) is 0 Å². The number of benzene rings is 1. The lowest BCUT2D eigenvalue weighted by Crippen LogP contribution is -2.33. The molecule has 0 bridgehead atoms. The fourth-order valence-electron chi connectivity index (χ4n) is 2.83. The molecule has 3 nitrogen and oxygen atoms in total. The maximum Gasteiger partial charge on any atom is 0.249 e. The van der Waals surface area contributed by atoms with Gasteiger partial charge in [-0.2, -0.15) is 0 Å². The molecule has 0 radical (unpaired) electrons. The molecule has 0 spiro atoms. The molecule has 1 aliphatic heterocycles. The van der Waals surface area contributed by atoms with Crippen molar-refractivity contribution in [2.45, 2.75) is 27.2 Å². The zero-order valence-electron chi connectivity index (χ0n) is 15.7. The first-order valence-corrected chi connectivity index (χ1v) is 8.77. The molecule has 1 heterocycles. The number of likely N-dealkylation sites (N-methyl/N-ethyl adjacent to an activating group) is 1. The number of rotatable bonds is 6. The highest BCUT2D eigenvalue weighted by molar-refractivity contribution is 6.00. The first-order chi connectivity index (χ1) is 12.0.